The first-order valence-electron chi connectivity index (χ1n) is 6.67. The van der Waals surface area contributed by atoms with Crippen LogP contribution in [0.4, 0.5) is 0 Å². The van der Waals surface area contributed by atoms with Crippen molar-refractivity contribution in [3.8, 4) is 0 Å². The smallest absolute Gasteiger partial charge is 0.326 e. The van der Waals surface area contributed by atoms with Crippen molar-refractivity contribution in [3.63, 3.8) is 0 Å². The molecule has 0 saturated carbocycles. The second kappa shape index (κ2) is 5.86. The number of aromatic amines is 1. The van der Waals surface area contributed by atoms with Crippen LogP contribution in [-0.2, 0) is 22.6 Å². The molecule has 1 aliphatic rings. The summed E-state index contributed by atoms with van der Waals surface area (Å²) in [6.45, 7) is 2.39. The van der Waals surface area contributed by atoms with Crippen molar-refractivity contribution in [2.75, 3.05) is 0 Å². The fourth-order valence-electron chi connectivity index (χ4n) is 2.39. The van der Waals surface area contributed by atoms with Gasteiger partial charge < -0.3 is 15.0 Å². The molecule has 6 nitrogen and oxygen atoms in total. The molecule has 1 unspecified atom stereocenters. The summed E-state index contributed by atoms with van der Waals surface area (Å²) >= 11 is 0. The number of aromatic nitrogens is 2. The number of unbranched alkanes of at least 4 members (excludes halogenated alkanes) is 2. The lowest BCUT2D eigenvalue weighted by atomic mass is 10.0. The standard InChI is InChI=1S/C13H19N3O3/c1-2-3-4-5-12(17)16-7-10-9(14-8-15-10)6-11(16)13(18)19/h8,11H,2-7H2,1H3,(H,14,15)(H,18,19). The number of aliphatic carboxylic acids is 1. The molecule has 0 aromatic carbocycles. The Balaban J connectivity index is 2.09. The molecule has 0 saturated heterocycles. The third-order valence-corrected chi connectivity index (χ3v) is 3.50. The summed E-state index contributed by atoms with van der Waals surface area (Å²) in [4.78, 5) is 32.0. The van der Waals surface area contributed by atoms with Crippen LogP contribution < -0.4 is 0 Å². The first kappa shape index (κ1) is 13.6. The van der Waals surface area contributed by atoms with Crippen LogP contribution in [0.2, 0.25) is 0 Å². The van der Waals surface area contributed by atoms with E-state index in [1.807, 2.05) is 0 Å². The maximum atomic E-state index is 12.1. The number of imidazole rings is 1. The Kier molecular flexibility index (Phi) is 4.19. The van der Waals surface area contributed by atoms with Crippen LogP contribution in [0.5, 0.6) is 0 Å². The van der Waals surface area contributed by atoms with Gasteiger partial charge in [-0.3, -0.25) is 4.79 Å². The molecule has 104 valence electrons. The van der Waals surface area contributed by atoms with E-state index in [9.17, 15) is 14.7 Å². The number of carbonyl (C=O) groups is 2. The SMILES string of the molecule is CCCCCC(=O)N1Cc2[nH]cnc2CC1C(=O)O. The van der Waals surface area contributed by atoms with Crippen LogP contribution in [0.3, 0.4) is 0 Å². The number of carbonyl (C=O) groups excluding carboxylic acids is 1. The number of rotatable bonds is 5. The largest absolute Gasteiger partial charge is 0.480 e. The highest BCUT2D eigenvalue weighted by Crippen LogP contribution is 2.22. The van der Waals surface area contributed by atoms with E-state index in [2.05, 4.69) is 16.9 Å². The van der Waals surface area contributed by atoms with Crippen molar-refractivity contribution in [2.45, 2.75) is 51.6 Å². The summed E-state index contributed by atoms with van der Waals surface area (Å²) in [6, 6.07) is -0.787. The predicted molar refractivity (Wildman–Crippen MR) is 68.4 cm³/mol. The molecule has 0 spiro atoms. The van der Waals surface area contributed by atoms with Gasteiger partial charge in [-0.2, -0.15) is 0 Å². The molecule has 2 heterocycles. The monoisotopic (exact) mass is 265 g/mol. The molecule has 19 heavy (non-hydrogen) atoms. The van der Waals surface area contributed by atoms with E-state index in [0.29, 0.717) is 13.0 Å². The molecule has 0 aliphatic carbocycles. The Morgan fingerprint density at radius 1 is 1.53 bits per heavy atom. The maximum absolute atomic E-state index is 12.1. The van der Waals surface area contributed by atoms with Gasteiger partial charge in [0.1, 0.15) is 6.04 Å². The van der Waals surface area contributed by atoms with E-state index < -0.39 is 12.0 Å². The third kappa shape index (κ3) is 2.94. The zero-order chi connectivity index (χ0) is 13.8. The van der Waals surface area contributed by atoms with Crippen molar-refractivity contribution in [3.05, 3.63) is 17.7 Å². The molecule has 6 heteroatoms. The number of nitrogens with one attached hydrogen (secondary N) is 1. The zero-order valence-corrected chi connectivity index (χ0v) is 11.1. The van der Waals surface area contributed by atoms with Crippen LogP contribution in [0.25, 0.3) is 0 Å². The molecule has 0 fully saturated rings. The topological polar surface area (TPSA) is 86.3 Å². The molecule has 0 radical (unpaired) electrons. The van der Waals surface area contributed by atoms with E-state index in [1.165, 1.54) is 4.90 Å². The molecule has 1 atom stereocenters. The number of fused-ring (bicyclic) bond motifs is 1. The van der Waals surface area contributed by atoms with Crippen molar-refractivity contribution in [1.82, 2.24) is 14.9 Å². The predicted octanol–water partition coefficient (Wildman–Crippen LogP) is 1.33. The second-order valence-corrected chi connectivity index (χ2v) is 4.86. The minimum atomic E-state index is -0.961. The van der Waals surface area contributed by atoms with E-state index in [0.717, 1.165) is 30.7 Å². The number of carboxylic acid groups (broad SMARTS) is 1. The van der Waals surface area contributed by atoms with Gasteiger partial charge in [-0.25, -0.2) is 9.78 Å². The summed E-state index contributed by atoms with van der Waals surface area (Å²) in [7, 11) is 0. The van der Waals surface area contributed by atoms with Crippen molar-refractivity contribution >= 4 is 11.9 Å². The first-order valence-corrected chi connectivity index (χ1v) is 6.67. The lowest BCUT2D eigenvalue weighted by Gasteiger charge is -2.32. The molecular formula is C13H19N3O3. The quantitative estimate of drug-likeness (QED) is 0.786. The van der Waals surface area contributed by atoms with Gasteiger partial charge in [0.15, 0.2) is 0 Å². The fraction of sp³-hybridized carbons (Fsp3) is 0.615. The Morgan fingerprint density at radius 3 is 3.00 bits per heavy atom. The minimum absolute atomic E-state index is 0.0823. The van der Waals surface area contributed by atoms with Crippen LogP contribution >= 0.6 is 0 Å². The van der Waals surface area contributed by atoms with Crippen LogP contribution in [0, 0.1) is 0 Å². The molecule has 2 rings (SSSR count). The second-order valence-electron chi connectivity index (χ2n) is 4.86. The lowest BCUT2D eigenvalue weighted by Crippen LogP contribution is -2.48. The fourth-order valence-corrected chi connectivity index (χ4v) is 2.39. The molecule has 1 amide bonds. The van der Waals surface area contributed by atoms with E-state index in [1.54, 1.807) is 6.33 Å². The number of nitrogens with zero attached hydrogens (tertiary/aromatic N) is 2. The van der Waals surface area contributed by atoms with Gasteiger partial charge in [-0.1, -0.05) is 19.8 Å². The Morgan fingerprint density at radius 2 is 2.32 bits per heavy atom. The maximum Gasteiger partial charge on any atom is 0.326 e. The Bertz CT molecular complexity index is 469. The number of hydrogen-bond acceptors (Lipinski definition) is 3. The van der Waals surface area contributed by atoms with Gasteiger partial charge in [0.05, 0.1) is 24.3 Å². The lowest BCUT2D eigenvalue weighted by molar-refractivity contribution is -0.151. The van der Waals surface area contributed by atoms with Gasteiger partial charge in [-0.05, 0) is 6.42 Å². The highest BCUT2D eigenvalue weighted by atomic mass is 16.4. The van der Waals surface area contributed by atoms with Gasteiger partial charge in [-0.15, -0.1) is 0 Å². The number of carboxylic acids is 1. The van der Waals surface area contributed by atoms with Crippen molar-refractivity contribution < 1.29 is 14.7 Å². The first-order chi connectivity index (χ1) is 9.13. The van der Waals surface area contributed by atoms with Gasteiger partial charge in [0.2, 0.25) is 5.91 Å². The summed E-state index contributed by atoms with van der Waals surface area (Å²) in [6.07, 6.45) is 5.10. The van der Waals surface area contributed by atoms with Gasteiger partial charge >= 0.3 is 5.97 Å². The Labute approximate surface area is 111 Å². The molecule has 0 bridgehead atoms. The molecular weight excluding hydrogens is 246 g/mol. The zero-order valence-electron chi connectivity index (χ0n) is 11.1. The summed E-state index contributed by atoms with van der Waals surface area (Å²) in [5.74, 6) is -1.04. The highest BCUT2D eigenvalue weighted by molar-refractivity contribution is 5.84. The van der Waals surface area contributed by atoms with Gasteiger partial charge in [0, 0.05) is 12.8 Å². The summed E-state index contributed by atoms with van der Waals surface area (Å²) in [5, 5.41) is 9.26. The average Bonchev–Trinajstić information content (AvgIpc) is 2.84. The highest BCUT2D eigenvalue weighted by Gasteiger charge is 2.35. The van der Waals surface area contributed by atoms with Crippen molar-refractivity contribution in [1.29, 1.82) is 0 Å². The molecule has 1 aromatic rings. The van der Waals surface area contributed by atoms with Crippen LogP contribution in [0.1, 0.15) is 44.0 Å². The van der Waals surface area contributed by atoms with Crippen LogP contribution in [0.15, 0.2) is 6.33 Å². The third-order valence-electron chi connectivity index (χ3n) is 3.50. The van der Waals surface area contributed by atoms with Gasteiger partial charge in [0.25, 0.3) is 0 Å². The van der Waals surface area contributed by atoms with E-state index >= 15 is 0 Å². The van der Waals surface area contributed by atoms with Crippen molar-refractivity contribution in [2.24, 2.45) is 0 Å². The molecule has 1 aliphatic heterocycles. The molecule has 2 N–H and O–H groups in total. The number of hydrogen-bond donors (Lipinski definition) is 2. The van der Waals surface area contributed by atoms with Crippen LogP contribution in [-0.4, -0.2) is 37.9 Å². The number of amides is 1. The van der Waals surface area contributed by atoms with E-state index in [-0.39, 0.29) is 12.3 Å². The Hall–Kier alpha value is -1.85. The summed E-state index contributed by atoms with van der Waals surface area (Å²) in [5.41, 5.74) is 1.60. The van der Waals surface area contributed by atoms with E-state index in [4.69, 9.17) is 0 Å². The number of H-pyrrole nitrogens is 1. The summed E-state index contributed by atoms with van der Waals surface area (Å²) < 4.78 is 0. The average molecular weight is 265 g/mol. The normalized spacial score (nSPS) is 18.2. The molecule has 1 aromatic heterocycles. The minimum Gasteiger partial charge on any atom is -0.480 e.